The van der Waals surface area contributed by atoms with E-state index in [1.54, 1.807) is 18.2 Å². The van der Waals surface area contributed by atoms with Crippen LogP contribution in [0.4, 0.5) is 0 Å². The van der Waals surface area contributed by atoms with E-state index in [1.165, 1.54) is 6.92 Å². The molecule has 0 saturated carbocycles. The van der Waals surface area contributed by atoms with E-state index in [-0.39, 0.29) is 12.4 Å². The molecule has 0 radical (unpaired) electrons. The van der Waals surface area contributed by atoms with Gasteiger partial charge in [0.1, 0.15) is 5.38 Å². The maximum Gasteiger partial charge on any atom is 0.152 e. The summed E-state index contributed by atoms with van der Waals surface area (Å²) in [6.07, 6.45) is 0. The van der Waals surface area contributed by atoms with Crippen LogP contribution in [-0.2, 0) is 11.4 Å². The maximum absolute atomic E-state index is 11.1. The van der Waals surface area contributed by atoms with Crippen LogP contribution in [0.15, 0.2) is 23.1 Å². The molecule has 2 nitrogen and oxygen atoms in total. The highest BCUT2D eigenvalue weighted by Gasteiger charge is 2.17. The Hall–Kier alpha value is -0.510. The molecule has 1 rings (SSSR count). The molecule has 76 valence electrons. The van der Waals surface area contributed by atoms with E-state index >= 15 is 0 Å². The predicted octanol–water partition coefficient (Wildman–Crippen LogP) is 2.34. The number of aliphatic hydroxyl groups excluding tert-OH is 1. The minimum atomic E-state index is -0.704. The average molecular weight is 231 g/mol. The minimum absolute atomic E-state index is 0.139. The molecular weight excluding hydrogens is 220 g/mol. The lowest BCUT2D eigenvalue weighted by molar-refractivity contribution is -0.116. The van der Waals surface area contributed by atoms with Crippen molar-refractivity contribution < 1.29 is 9.90 Å². The summed E-state index contributed by atoms with van der Waals surface area (Å²) in [5, 5.41) is 8.41. The number of ketones is 1. The van der Waals surface area contributed by atoms with Crippen LogP contribution in [0.5, 0.6) is 0 Å². The normalized spacial score (nSPS) is 12.6. The summed E-state index contributed by atoms with van der Waals surface area (Å²) in [4.78, 5) is 11.7. The molecule has 0 spiro atoms. The van der Waals surface area contributed by atoms with Crippen molar-refractivity contribution in [1.29, 1.82) is 0 Å². The molecule has 0 aliphatic heterocycles. The monoisotopic (exact) mass is 230 g/mol. The third-order valence-electron chi connectivity index (χ3n) is 1.98. The molecule has 0 aliphatic carbocycles. The fraction of sp³-hybridized carbons (Fsp3) is 0.300. The van der Waals surface area contributed by atoms with Gasteiger partial charge in [0, 0.05) is 4.90 Å². The van der Waals surface area contributed by atoms with Gasteiger partial charge in [0.25, 0.3) is 0 Å². The molecule has 0 saturated heterocycles. The number of rotatable bonds is 3. The fourth-order valence-electron chi connectivity index (χ4n) is 1.22. The van der Waals surface area contributed by atoms with Gasteiger partial charge in [-0.3, -0.25) is 4.79 Å². The molecule has 0 heterocycles. The fourth-order valence-corrected chi connectivity index (χ4v) is 1.71. The quantitative estimate of drug-likeness (QED) is 0.618. The standard InChI is InChI=1S/C10H11ClO2S/c1-6(13)10(11)7-3-2-4-9(14)8(7)5-12/h2-4,10,12,14H,5H2,1H3. The Balaban J connectivity index is 3.20. The summed E-state index contributed by atoms with van der Waals surface area (Å²) >= 11 is 10.1. The summed E-state index contributed by atoms with van der Waals surface area (Å²) in [5.41, 5.74) is 1.25. The lowest BCUT2D eigenvalue weighted by Gasteiger charge is -2.12. The van der Waals surface area contributed by atoms with Crippen LogP contribution in [0.2, 0.25) is 0 Å². The van der Waals surface area contributed by atoms with Gasteiger partial charge in [-0.1, -0.05) is 12.1 Å². The second-order valence-corrected chi connectivity index (χ2v) is 3.89. The van der Waals surface area contributed by atoms with Gasteiger partial charge in [-0.2, -0.15) is 0 Å². The first-order chi connectivity index (χ1) is 6.57. The Bertz CT molecular complexity index is 352. The van der Waals surface area contributed by atoms with Crippen LogP contribution < -0.4 is 0 Å². The first-order valence-electron chi connectivity index (χ1n) is 4.14. The van der Waals surface area contributed by atoms with E-state index in [0.29, 0.717) is 16.0 Å². The van der Waals surface area contributed by atoms with Crippen LogP contribution in [0.25, 0.3) is 0 Å². The smallest absolute Gasteiger partial charge is 0.152 e. The minimum Gasteiger partial charge on any atom is -0.392 e. The molecule has 1 aromatic rings. The van der Waals surface area contributed by atoms with E-state index in [2.05, 4.69) is 12.6 Å². The van der Waals surface area contributed by atoms with E-state index in [4.69, 9.17) is 16.7 Å². The highest BCUT2D eigenvalue weighted by atomic mass is 35.5. The van der Waals surface area contributed by atoms with Crippen molar-refractivity contribution in [2.75, 3.05) is 0 Å². The summed E-state index contributed by atoms with van der Waals surface area (Å²) in [6, 6.07) is 5.24. The van der Waals surface area contributed by atoms with Gasteiger partial charge in [0.15, 0.2) is 5.78 Å². The highest BCUT2D eigenvalue weighted by Crippen LogP contribution is 2.28. The molecule has 1 N–H and O–H groups in total. The Morgan fingerprint density at radius 2 is 2.29 bits per heavy atom. The van der Waals surface area contributed by atoms with Gasteiger partial charge >= 0.3 is 0 Å². The molecule has 0 amide bonds. The van der Waals surface area contributed by atoms with Crippen molar-refractivity contribution in [3.8, 4) is 0 Å². The Labute approximate surface area is 93.3 Å². The van der Waals surface area contributed by atoms with Crippen molar-refractivity contribution in [2.45, 2.75) is 23.8 Å². The number of aliphatic hydroxyl groups is 1. The third kappa shape index (κ3) is 2.29. The number of hydrogen-bond donors (Lipinski definition) is 2. The number of carbonyl (C=O) groups excluding carboxylic acids is 1. The Kier molecular flexibility index (Phi) is 3.98. The van der Waals surface area contributed by atoms with Gasteiger partial charge in [0.2, 0.25) is 0 Å². The van der Waals surface area contributed by atoms with Gasteiger partial charge in [-0.05, 0) is 24.1 Å². The SMILES string of the molecule is CC(=O)C(Cl)c1cccc(S)c1CO. The summed E-state index contributed by atoms with van der Waals surface area (Å²) < 4.78 is 0. The zero-order valence-corrected chi connectivity index (χ0v) is 9.35. The van der Waals surface area contributed by atoms with Crippen molar-refractivity contribution in [3.05, 3.63) is 29.3 Å². The number of hydrogen-bond acceptors (Lipinski definition) is 3. The molecule has 1 aromatic carbocycles. The topological polar surface area (TPSA) is 37.3 Å². The van der Waals surface area contributed by atoms with Crippen LogP contribution >= 0.6 is 24.2 Å². The molecule has 0 fully saturated rings. The summed E-state index contributed by atoms with van der Waals surface area (Å²) in [7, 11) is 0. The number of Topliss-reactive ketones (excluding diaryl/α,β-unsaturated/α-hetero) is 1. The number of halogens is 1. The zero-order chi connectivity index (χ0) is 10.7. The van der Waals surface area contributed by atoms with Crippen molar-refractivity contribution in [2.24, 2.45) is 0 Å². The van der Waals surface area contributed by atoms with E-state index in [0.717, 1.165) is 0 Å². The van der Waals surface area contributed by atoms with Crippen LogP contribution in [0, 0.1) is 0 Å². The Morgan fingerprint density at radius 3 is 2.79 bits per heavy atom. The van der Waals surface area contributed by atoms with Crippen molar-refractivity contribution in [3.63, 3.8) is 0 Å². The second-order valence-electron chi connectivity index (χ2n) is 2.98. The van der Waals surface area contributed by atoms with E-state index in [9.17, 15) is 4.79 Å². The second kappa shape index (κ2) is 4.82. The third-order valence-corrected chi connectivity index (χ3v) is 2.94. The summed E-state index contributed by atoms with van der Waals surface area (Å²) in [5.74, 6) is -0.139. The van der Waals surface area contributed by atoms with Gasteiger partial charge in [-0.15, -0.1) is 24.2 Å². The van der Waals surface area contributed by atoms with Gasteiger partial charge < -0.3 is 5.11 Å². The molecule has 0 bridgehead atoms. The molecule has 1 unspecified atom stereocenters. The predicted molar refractivity (Wildman–Crippen MR) is 58.9 cm³/mol. The average Bonchev–Trinajstić information content (AvgIpc) is 2.16. The van der Waals surface area contributed by atoms with Crippen LogP contribution in [0.3, 0.4) is 0 Å². The van der Waals surface area contributed by atoms with Gasteiger partial charge in [-0.25, -0.2) is 0 Å². The molecule has 1 atom stereocenters. The largest absolute Gasteiger partial charge is 0.392 e. The first kappa shape index (κ1) is 11.6. The lowest BCUT2D eigenvalue weighted by Crippen LogP contribution is -2.05. The molecule has 0 aromatic heterocycles. The van der Waals surface area contributed by atoms with Crippen LogP contribution in [-0.4, -0.2) is 10.9 Å². The number of carbonyl (C=O) groups is 1. The number of thiol groups is 1. The first-order valence-corrected chi connectivity index (χ1v) is 5.02. The van der Waals surface area contributed by atoms with Gasteiger partial charge in [0.05, 0.1) is 6.61 Å². The number of alkyl halides is 1. The number of benzene rings is 1. The molecule has 14 heavy (non-hydrogen) atoms. The molecule has 4 heteroatoms. The van der Waals surface area contributed by atoms with Crippen molar-refractivity contribution in [1.82, 2.24) is 0 Å². The molecule has 0 aliphatic rings. The zero-order valence-electron chi connectivity index (χ0n) is 7.70. The van der Waals surface area contributed by atoms with E-state index in [1.807, 2.05) is 0 Å². The maximum atomic E-state index is 11.1. The molecular formula is C10H11ClO2S. The lowest BCUT2D eigenvalue weighted by atomic mass is 10.0. The van der Waals surface area contributed by atoms with E-state index < -0.39 is 5.38 Å². The van der Waals surface area contributed by atoms with Crippen molar-refractivity contribution >= 4 is 30.0 Å². The Morgan fingerprint density at radius 1 is 1.64 bits per heavy atom. The highest BCUT2D eigenvalue weighted by molar-refractivity contribution is 7.80. The summed E-state index contributed by atoms with van der Waals surface area (Å²) in [6.45, 7) is 1.26. The van der Waals surface area contributed by atoms with Crippen LogP contribution in [0.1, 0.15) is 23.4 Å².